The number of para-hydroxylation sites is 2. The van der Waals surface area contributed by atoms with Gasteiger partial charge in [-0.25, -0.2) is 0 Å². The van der Waals surface area contributed by atoms with E-state index in [-0.39, 0.29) is 5.91 Å². The molecule has 0 aliphatic heterocycles. The average Bonchev–Trinajstić information content (AvgIpc) is 2.48. The first kappa shape index (κ1) is 13.5. The molecule has 2 aromatic rings. The van der Waals surface area contributed by atoms with E-state index in [1.807, 2.05) is 60.7 Å². The molecule has 4 nitrogen and oxygen atoms in total. The summed E-state index contributed by atoms with van der Waals surface area (Å²) in [4.78, 5) is 24.6. The Labute approximate surface area is 117 Å². The van der Waals surface area contributed by atoms with Crippen molar-refractivity contribution in [3.05, 3.63) is 72.8 Å². The van der Waals surface area contributed by atoms with Crippen molar-refractivity contribution in [2.45, 2.75) is 0 Å². The third-order valence-electron chi connectivity index (χ3n) is 2.64. The minimum atomic E-state index is -0.653. The maximum absolute atomic E-state index is 12.3. The van der Waals surface area contributed by atoms with E-state index >= 15 is 0 Å². The van der Waals surface area contributed by atoms with Crippen LogP contribution >= 0.6 is 0 Å². The molecule has 2 N–H and O–H groups in total. The van der Waals surface area contributed by atoms with Gasteiger partial charge in [-0.3, -0.25) is 14.5 Å². The molecule has 100 valence electrons. The lowest BCUT2D eigenvalue weighted by molar-refractivity contribution is -0.115. The van der Waals surface area contributed by atoms with Gasteiger partial charge in [0.05, 0.1) is 0 Å². The van der Waals surface area contributed by atoms with Gasteiger partial charge in [-0.2, -0.15) is 0 Å². The van der Waals surface area contributed by atoms with Crippen molar-refractivity contribution in [3.8, 4) is 0 Å². The van der Waals surface area contributed by atoms with Crippen molar-refractivity contribution >= 4 is 23.2 Å². The Balaban J connectivity index is 2.40. The van der Waals surface area contributed by atoms with E-state index in [2.05, 4.69) is 0 Å². The molecule has 0 saturated carbocycles. The number of benzene rings is 2. The van der Waals surface area contributed by atoms with Gasteiger partial charge >= 0.3 is 0 Å². The molecule has 0 aromatic heterocycles. The highest BCUT2D eigenvalue weighted by molar-refractivity contribution is 6.09. The Morgan fingerprint density at radius 3 is 1.65 bits per heavy atom. The van der Waals surface area contributed by atoms with Crippen LogP contribution in [-0.4, -0.2) is 11.8 Å². The number of carbonyl (C=O) groups excluding carboxylic acids is 2. The molecule has 0 aliphatic carbocycles. The van der Waals surface area contributed by atoms with Gasteiger partial charge in [0, 0.05) is 23.5 Å². The van der Waals surface area contributed by atoms with Crippen LogP contribution in [0.5, 0.6) is 0 Å². The molecular formula is C16H14N2O2. The SMILES string of the molecule is NC(=O)/C=C\C(=O)N(c1ccccc1)c1ccccc1. The van der Waals surface area contributed by atoms with E-state index in [9.17, 15) is 9.59 Å². The Hall–Kier alpha value is -2.88. The Bertz CT molecular complexity index is 582. The number of rotatable bonds is 4. The molecule has 0 heterocycles. The first-order valence-electron chi connectivity index (χ1n) is 6.10. The van der Waals surface area contributed by atoms with Crippen molar-refractivity contribution in [1.82, 2.24) is 0 Å². The number of nitrogens with two attached hydrogens (primary N) is 1. The Kier molecular flexibility index (Phi) is 4.29. The molecule has 0 fully saturated rings. The largest absolute Gasteiger partial charge is 0.366 e. The highest BCUT2D eigenvalue weighted by Crippen LogP contribution is 2.25. The van der Waals surface area contributed by atoms with E-state index in [4.69, 9.17) is 5.73 Å². The van der Waals surface area contributed by atoms with Crippen molar-refractivity contribution in [3.63, 3.8) is 0 Å². The quantitative estimate of drug-likeness (QED) is 0.864. The fourth-order valence-electron chi connectivity index (χ4n) is 1.79. The molecule has 2 rings (SSSR count). The Morgan fingerprint density at radius 1 is 0.800 bits per heavy atom. The van der Waals surface area contributed by atoms with E-state index < -0.39 is 5.91 Å². The first-order chi connectivity index (χ1) is 9.68. The number of carbonyl (C=O) groups is 2. The summed E-state index contributed by atoms with van der Waals surface area (Å²) in [6, 6.07) is 18.4. The van der Waals surface area contributed by atoms with Crippen molar-refractivity contribution in [2.75, 3.05) is 4.90 Å². The maximum Gasteiger partial charge on any atom is 0.255 e. The first-order valence-corrected chi connectivity index (χ1v) is 6.10. The number of primary amides is 1. The Morgan fingerprint density at radius 2 is 1.25 bits per heavy atom. The van der Waals surface area contributed by atoms with E-state index in [1.54, 1.807) is 0 Å². The monoisotopic (exact) mass is 266 g/mol. The van der Waals surface area contributed by atoms with E-state index in [0.29, 0.717) is 0 Å². The number of hydrogen-bond donors (Lipinski definition) is 1. The lowest BCUT2D eigenvalue weighted by Crippen LogP contribution is -2.24. The van der Waals surface area contributed by atoms with Gasteiger partial charge in [-0.15, -0.1) is 0 Å². The third-order valence-corrected chi connectivity index (χ3v) is 2.64. The van der Waals surface area contributed by atoms with Crippen molar-refractivity contribution < 1.29 is 9.59 Å². The predicted octanol–water partition coefficient (Wildman–Crippen LogP) is 2.39. The van der Waals surface area contributed by atoms with Crippen LogP contribution in [0.25, 0.3) is 0 Å². The van der Waals surface area contributed by atoms with E-state index in [0.717, 1.165) is 17.5 Å². The average molecular weight is 266 g/mol. The van der Waals surface area contributed by atoms with Crippen LogP contribution in [0, 0.1) is 0 Å². The second kappa shape index (κ2) is 6.33. The van der Waals surface area contributed by atoms with Crippen LogP contribution in [0.1, 0.15) is 0 Å². The summed E-state index contributed by atoms with van der Waals surface area (Å²) in [6.07, 6.45) is 2.23. The molecule has 0 spiro atoms. The van der Waals surface area contributed by atoms with E-state index in [1.165, 1.54) is 11.0 Å². The lowest BCUT2D eigenvalue weighted by Gasteiger charge is -2.21. The number of nitrogens with zero attached hydrogens (tertiary/aromatic N) is 1. The lowest BCUT2D eigenvalue weighted by atomic mass is 10.2. The number of anilines is 2. The second-order valence-electron chi connectivity index (χ2n) is 4.08. The summed E-state index contributed by atoms with van der Waals surface area (Å²) in [6.45, 7) is 0. The van der Waals surface area contributed by atoms with Crippen LogP contribution in [0.2, 0.25) is 0 Å². The standard InChI is InChI=1S/C16H14N2O2/c17-15(19)11-12-16(20)18(13-7-3-1-4-8-13)14-9-5-2-6-10-14/h1-12H,(H2,17,19)/b12-11-. The minimum absolute atomic E-state index is 0.332. The van der Waals surface area contributed by atoms with Crippen LogP contribution in [-0.2, 0) is 9.59 Å². The van der Waals surface area contributed by atoms with Crippen molar-refractivity contribution in [2.24, 2.45) is 5.73 Å². The molecule has 2 aromatic carbocycles. The molecule has 0 radical (unpaired) electrons. The van der Waals surface area contributed by atoms with Crippen molar-refractivity contribution in [1.29, 1.82) is 0 Å². The number of hydrogen-bond acceptors (Lipinski definition) is 2. The molecule has 0 aliphatic rings. The molecule has 0 unspecified atom stereocenters. The van der Waals surface area contributed by atoms with Crippen LogP contribution in [0.3, 0.4) is 0 Å². The zero-order valence-corrected chi connectivity index (χ0v) is 10.8. The summed E-state index contributed by atoms with van der Waals surface area (Å²) in [5.74, 6) is -0.986. The van der Waals surface area contributed by atoms with Gasteiger partial charge in [-0.05, 0) is 24.3 Å². The van der Waals surface area contributed by atoms with Gasteiger partial charge in [0.1, 0.15) is 0 Å². The molecule has 0 bridgehead atoms. The number of amides is 2. The van der Waals surface area contributed by atoms with Gasteiger partial charge < -0.3 is 5.73 Å². The normalized spacial score (nSPS) is 10.4. The minimum Gasteiger partial charge on any atom is -0.366 e. The molecule has 2 amide bonds. The predicted molar refractivity (Wildman–Crippen MR) is 78.4 cm³/mol. The third kappa shape index (κ3) is 3.32. The van der Waals surface area contributed by atoms with Gasteiger partial charge in [0.2, 0.25) is 5.91 Å². The summed E-state index contributed by atoms with van der Waals surface area (Å²) < 4.78 is 0. The summed E-state index contributed by atoms with van der Waals surface area (Å²) >= 11 is 0. The zero-order chi connectivity index (χ0) is 14.4. The zero-order valence-electron chi connectivity index (χ0n) is 10.8. The summed E-state index contributed by atoms with van der Waals surface area (Å²) in [5.41, 5.74) is 6.46. The van der Waals surface area contributed by atoms with Gasteiger partial charge in [0.15, 0.2) is 0 Å². The van der Waals surface area contributed by atoms with Gasteiger partial charge in [0.25, 0.3) is 5.91 Å². The van der Waals surface area contributed by atoms with Crippen LogP contribution < -0.4 is 10.6 Å². The second-order valence-corrected chi connectivity index (χ2v) is 4.08. The molecule has 20 heavy (non-hydrogen) atoms. The molecular weight excluding hydrogens is 252 g/mol. The van der Waals surface area contributed by atoms with Crippen LogP contribution in [0.4, 0.5) is 11.4 Å². The van der Waals surface area contributed by atoms with Gasteiger partial charge in [-0.1, -0.05) is 36.4 Å². The highest BCUT2D eigenvalue weighted by Gasteiger charge is 2.15. The molecule has 0 saturated heterocycles. The molecule has 4 heteroatoms. The van der Waals surface area contributed by atoms with Crippen LogP contribution in [0.15, 0.2) is 72.8 Å². The summed E-state index contributed by atoms with van der Waals surface area (Å²) in [7, 11) is 0. The highest BCUT2D eigenvalue weighted by atomic mass is 16.2. The smallest absolute Gasteiger partial charge is 0.255 e. The topological polar surface area (TPSA) is 63.4 Å². The fourth-order valence-corrected chi connectivity index (χ4v) is 1.79. The fraction of sp³-hybridized carbons (Fsp3) is 0. The summed E-state index contributed by atoms with van der Waals surface area (Å²) in [5, 5.41) is 0. The maximum atomic E-state index is 12.3. The molecule has 0 atom stereocenters.